The summed E-state index contributed by atoms with van der Waals surface area (Å²) in [5.41, 5.74) is 16.7. The molecule has 0 aromatic heterocycles. The van der Waals surface area contributed by atoms with Crippen molar-refractivity contribution in [2.45, 2.75) is 44.3 Å². The molecule has 240 valence electrons. The van der Waals surface area contributed by atoms with Crippen molar-refractivity contribution < 1.29 is 14.4 Å². The summed E-state index contributed by atoms with van der Waals surface area (Å²) in [6, 6.07) is 33.2. The fourth-order valence-electron chi connectivity index (χ4n) is 5.48. The van der Waals surface area contributed by atoms with E-state index in [0.717, 1.165) is 40.7 Å². The van der Waals surface area contributed by atoms with Gasteiger partial charge >= 0.3 is 0 Å². The zero-order valence-electron chi connectivity index (χ0n) is 26.8. The minimum absolute atomic E-state index is 0.243. The molecule has 46 heavy (non-hydrogen) atoms. The highest BCUT2D eigenvalue weighted by molar-refractivity contribution is 5.98. The fraction of sp³-hybridized carbons (Fsp3) is 0.289. The highest BCUT2D eigenvalue weighted by atomic mass is 16.2. The van der Waals surface area contributed by atoms with Crippen LogP contribution in [0.15, 0.2) is 109 Å². The van der Waals surface area contributed by atoms with Gasteiger partial charge < -0.3 is 26.6 Å². The molecule has 4 aromatic carbocycles. The van der Waals surface area contributed by atoms with Crippen LogP contribution >= 0.6 is 0 Å². The summed E-state index contributed by atoms with van der Waals surface area (Å²) < 4.78 is 0. The molecule has 0 saturated carbocycles. The van der Waals surface area contributed by atoms with Crippen LogP contribution in [0.4, 0.5) is 0 Å². The Labute approximate surface area is 272 Å². The quantitative estimate of drug-likeness (QED) is 0.170. The third kappa shape index (κ3) is 9.12. The topological polar surface area (TPSA) is 122 Å². The first-order chi connectivity index (χ1) is 22.3. The van der Waals surface area contributed by atoms with Gasteiger partial charge in [0.25, 0.3) is 5.91 Å². The number of benzene rings is 4. The minimum Gasteiger partial charge on any atom is -0.354 e. The van der Waals surface area contributed by atoms with Gasteiger partial charge in [-0.2, -0.15) is 0 Å². The second-order valence-corrected chi connectivity index (χ2v) is 11.5. The lowest BCUT2D eigenvalue weighted by molar-refractivity contribution is -0.142. The van der Waals surface area contributed by atoms with Gasteiger partial charge in [-0.1, -0.05) is 97.1 Å². The lowest BCUT2D eigenvalue weighted by Crippen LogP contribution is -2.56. The minimum atomic E-state index is -0.870. The van der Waals surface area contributed by atoms with Crippen LogP contribution in [0.25, 0.3) is 11.1 Å². The summed E-state index contributed by atoms with van der Waals surface area (Å²) in [7, 11) is 3.29. The Kier molecular flexibility index (Phi) is 12.6. The lowest BCUT2D eigenvalue weighted by Gasteiger charge is -2.35. The van der Waals surface area contributed by atoms with Gasteiger partial charge in [0.05, 0.1) is 0 Å². The van der Waals surface area contributed by atoms with E-state index in [9.17, 15) is 14.4 Å². The molecule has 0 saturated heterocycles. The molecule has 5 N–H and O–H groups in total. The average Bonchev–Trinajstić information content (AvgIpc) is 3.11. The van der Waals surface area contributed by atoms with Crippen molar-refractivity contribution in [3.8, 4) is 11.1 Å². The summed E-state index contributed by atoms with van der Waals surface area (Å²) in [6.45, 7) is 1.31. The third-order valence-corrected chi connectivity index (χ3v) is 8.29. The first-order valence-electron chi connectivity index (χ1n) is 15.8. The lowest BCUT2D eigenvalue weighted by atomic mass is 9.97. The number of hydrogen-bond acceptors (Lipinski definition) is 5. The van der Waals surface area contributed by atoms with Gasteiger partial charge in [-0.15, -0.1) is 0 Å². The zero-order chi connectivity index (χ0) is 32.9. The van der Waals surface area contributed by atoms with E-state index in [1.165, 1.54) is 9.80 Å². The van der Waals surface area contributed by atoms with Gasteiger partial charge in [0.2, 0.25) is 11.8 Å². The molecule has 8 heteroatoms. The van der Waals surface area contributed by atoms with Crippen LogP contribution in [0.3, 0.4) is 0 Å². The van der Waals surface area contributed by atoms with Crippen molar-refractivity contribution in [3.05, 3.63) is 131 Å². The van der Waals surface area contributed by atoms with Crippen LogP contribution in [0.2, 0.25) is 0 Å². The van der Waals surface area contributed by atoms with Gasteiger partial charge in [0.15, 0.2) is 0 Å². The number of nitrogens with one attached hydrogen (secondary N) is 1. The van der Waals surface area contributed by atoms with Crippen molar-refractivity contribution >= 4 is 17.7 Å². The molecule has 4 rings (SSSR count). The van der Waals surface area contributed by atoms with Gasteiger partial charge in [-0.25, -0.2) is 0 Å². The van der Waals surface area contributed by atoms with E-state index in [-0.39, 0.29) is 24.1 Å². The second kappa shape index (κ2) is 17.1. The average molecular weight is 620 g/mol. The highest BCUT2D eigenvalue weighted by Crippen LogP contribution is 2.22. The number of carbonyl (C=O) groups excluding carboxylic acids is 3. The summed E-state index contributed by atoms with van der Waals surface area (Å²) in [4.78, 5) is 44.9. The number of likely N-dealkylation sites (N-methyl/N-ethyl adjacent to an activating group) is 2. The van der Waals surface area contributed by atoms with Crippen molar-refractivity contribution in [1.29, 1.82) is 0 Å². The van der Waals surface area contributed by atoms with Crippen LogP contribution < -0.4 is 16.8 Å². The van der Waals surface area contributed by atoms with Crippen LogP contribution in [-0.4, -0.2) is 66.8 Å². The molecule has 3 amide bonds. The molecule has 2 atom stereocenters. The standard InChI is InChI=1S/C38H45N5O3/c1-42(34(25-28-12-5-3-6-13-28)36(44)41-23-10-9-22-39)38(46)35(43(2)37(45)33-17-11-14-30(24-33)27-40)26-29-18-20-32(21-19-29)31-15-7-4-8-16-31/h3-8,11-21,24,34-35H,9-10,22-23,25-27,39-40H2,1-2H3,(H,41,44)/t34-,35-/m1/s1. The smallest absolute Gasteiger partial charge is 0.254 e. The van der Waals surface area contributed by atoms with E-state index in [0.29, 0.717) is 31.6 Å². The molecule has 8 nitrogen and oxygen atoms in total. The van der Waals surface area contributed by atoms with Crippen molar-refractivity contribution in [2.75, 3.05) is 27.2 Å². The number of rotatable bonds is 15. The van der Waals surface area contributed by atoms with Crippen molar-refractivity contribution in [2.24, 2.45) is 11.5 Å². The highest BCUT2D eigenvalue weighted by Gasteiger charge is 2.35. The molecule has 0 aliphatic rings. The summed E-state index contributed by atoms with van der Waals surface area (Å²) in [5.74, 6) is -0.864. The molecule has 0 aliphatic carbocycles. The first-order valence-corrected chi connectivity index (χ1v) is 15.8. The molecule has 0 aliphatic heterocycles. The van der Waals surface area contributed by atoms with Gasteiger partial charge in [-0.3, -0.25) is 14.4 Å². The van der Waals surface area contributed by atoms with Crippen LogP contribution in [0, 0.1) is 0 Å². The van der Waals surface area contributed by atoms with Crippen LogP contribution in [-0.2, 0) is 29.0 Å². The molecule has 0 fully saturated rings. The molecule has 0 heterocycles. The number of nitrogens with zero attached hydrogens (tertiary/aromatic N) is 2. The summed E-state index contributed by atoms with van der Waals surface area (Å²) in [5, 5.41) is 2.99. The number of unbranched alkanes of at least 4 members (excludes halogenated alkanes) is 1. The van der Waals surface area contributed by atoms with Gasteiger partial charge in [0, 0.05) is 45.6 Å². The summed E-state index contributed by atoms with van der Waals surface area (Å²) in [6.07, 6.45) is 2.15. The summed E-state index contributed by atoms with van der Waals surface area (Å²) >= 11 is 0. The molecule has 0 unspecified atom stereocenters. The van der Waals surface area contributed by atoms with Gasteiger partial charge in [0.1, 0.15) is 12.1 Å². The maximum atomic E-state index is 14.5. The van der Waals surface area contributed by atoms with Crippen LogP contribution in [0.1, 0.15) is 39.9 Å². The maximum Gasteiger partial charge on any atom is 0.254 e. The predicted octanol–water partition coefficient (Wildman–Crippen LogP) is 4.42. The van der Waals surface area contributed by atoms with Crippen LogP contribution in [0.5, 0.6) is 0 Å². The Morgan fingerprint density at radius 3 is 1.89 bits per heavy atom. The van der Waals surface area contributed by atoms with E-state index >= 15 is 0 Å². The Hall–Kier alpha value is -4.79. The van der Waals surface area contributed by atoms with E-state index in [1.807, 2.05) is 91.0 Å². The monoisotopic (exact) mass is 619 g/mol. The number of nitrogens with two attached hydrogens (primary N) is 2. The molecule has 0 spiro atoms. The number of hydrogen-bond donors (Lipinski definition) is 3. The maximum absolute atomic E-state index is 14.5. The number of carbonyl (C=O) groups is 3. The number of amides is 3. The fourth-order valence-corrected chi connectivity index (χ4v) is 5.48. The Morgan fingerprint density at radius 1 is 0.652 bits per heavy atom. The largest absolute Gasteiger partial charge is 0.354 e. The zero-order valence-corrected chi connectivity index (χ0v) is 26.8. The normalized spacial score (nSPS) is 12.2. The Bertz CT molecular complexity index is 1560. The Balaban J connectivity index is 1.65. The van der Waals surface area contributed by atoms with Gasteiger partial charge in [-0.05, 0) is 59.3 Å². The van der Waals surface area contributed by atoms with Crippen molar-refractivity contribution in [3.63, 3.8) is 0 Å². The van der Waals surface area contributed by atoms with Crippen molar-refractivity contribution in [1.82, 2.24) is 15.1 Å². The Morgan fingerprint density at radius 2 is 1.24 bits per heavy atom. The van der Waals surface area contributed by atoms with E-state index in [1.54, 1.807) is 32.3 Å². The molecular weight excluding hydrogens is 574 g/mol. The molecule has 4 aromatic rings. The van der Waals surface area contributed by atoms with E-state index in [4.69, 9.17) is 11.5 Å². The van der Waals surface area contributed by atoms with E-state index in [2.05, 4.69) is 5.32 Å². The van der Waals surface area contributed by atoms with E-state index < -0.39 is 12.1 Å². The SMILES string of the molecule is CN(C(=O)c1cccc(CN)c1)[C@H](Cc1ccc(-c2ccccc2)cc1)C(=O)N(C)[C@H](Cc1ccccc1)C(=O)NCCCCN. The predicted molar refractivity (Wildman–Crippen MR) is 184 cm³/mol. The second-order valence-electron chi connectivity index (χ2n) is 11.5. The molecule has 0 bridgehead atoms. The molecule has 0 radical (unpaired) electrons. The molecular formula is C38H45N5O3. The third-order valence-electron chi connectivity index (χ3n) is 8.29. The first kappa shape index (κ1) is 34.1.